The second kappa shape index (κ2) is 18.0. The van der Waals surface area contributed by atoms with Crippen molar-refractivity contribution in [3.63, 3.8) is 0 Å². The zero-order chi connectivity index (χ0) is 44.0. The molecule has 0 aliphatic heterocycles. The van der Waals surface area contributed by atoms with E-state index in [9.17, 15) is 95.1 Å². The summed E-state index contributed by atoms with van der Waals surface area (Å²) in [7, 11) is -17.0. The molecule has 0 amide bonds. The van der Waals surface area contributed by atoms with E-state index >= 15 is 0 Å². The van der Waals surface area contributed by atoms with Crippen LogP contribution in [0.4, 0.5) is 56.6 Å². The van der Waals surface area contributed by atoms with E-state index < -0.39 is 101 Å². The van der Waals surface area contributed by atoms with Gasteiger partial charge < -0.3 is 17.3 Å². The highest BCUT2D eigenvalue weighted by Crippen LogP contribution is 2.41. The molecule has 312 valence electrons. The summed E-state index contributed by atoms with van der Waals surface area (Å²) in [4.78, 5) is 28.3. The molecule has 34 heteroatoms. The van der Waals surface area contributed by atoms with E-state index in [2.05, 4.69) is 17.3 Å². The Kier molecular flexibility index (Phi) is 15.8. The molecule has 0 saturated heterocycles. The van der Waals surface area contributed by atoms with Gasteiger partial charge in [0.2, 0.25) is 17.2 Å². The van der Waals surface area contributed by atoms with Gasteiger partial charge in [-0.3, -0.25) is 30.3 Å². The molecule has 19 nitrogen and oxygen atoms in total. The van der Waals surface area contributed by atoms with Crippen molar-refractivity contribution in [3.8, 4) is 23.0 Å². The lowest BCUT2D eigenvalue weighted by Crippen LogP contribution is -2.28. The summed E-state index contributed by atoms with van der Waals surface area (Å²) in [5, 5.41) is 30.6. The number of halogens is 12. The lowest BCUT2D eigenvalue weighted by molar-refractivity contribution is -0.385. The molecule has 0 aromatic heterocycles. The SMILES string of the molecule is COc1cc(OS(=O)(=O)C(F)(F)F)c([N+](=O)[O-])cc1Cl.O=[N+]([O-])c1cc(Cl)ccc1OS(=O)(=O)C(F)(F)F.O=[N+]([O-])c1cccc(Cl)c1OS(=O)(=O)C(F)(F)F. The second-order valence-corrected chi connectivity index (χ2v) is 14.7. The summed E-state index contributed by atoms with van der Waals surface area (Å²) in [6, 6.07) is 6.24. The van der Waals surface area contributed by atoms with Gasteiger partial charge in [-0.15, -0.1) is 0 Å². The van der Waals surface area contributed by atoms with E-state index in [0.29, 0.717) is 24.3 Å². The molecule has 0 aliphatic rings. The standard InChI is InChI=1S/C8H5ClF3NO6S.2C7H3ClF3NO5S/c1-18-6-3-7(5(13(14)15)2-4(6)9)19-20(16,17)8(10,11)12;8-4-1-2-6(5(3-4)12(13)14)17-18(15,16)7(9,10)11;8-4-2-1-3-5(12(13)14)6(4)17-18(15,16)7(9,10)11/h2-3H,1H3;2*1-3H. The molecule has 0 radical (unpaired) electrons. The molecule has 3 rings (SSSR count). The van der Waals surface area contributed by atoms with Crippen molar-refractivity contribution in [2.24, 2.45) is 0 Å². The monoisotopic (exact) mass is 945 g/mol. The molecular weight excluding hydrogens is 936 g/mol. The van der Waals surface area contributed by atoms with Crippen LogP contribution in [0.25, 0.3) is 0 Å². The maximum absolute atomic E-state index is 12.2. The predicted octanol–water partition coefficient (Wildman–Crippen LogP) is 7.44. The topological polar surface area (TPSA) is 269 Å². The first-order valence-corrected chi connectivity index (χ1v) is 17.9. The van der Waals surface area contributed by atoms with Crippen LogP contribution < -0.4 is 17.3 Å². The number of nitro groups is 3. The number of alkyl halides is 9. The Labute approximate surface area is 318 Å². The molecule has 0 bridgehead atoms. The zero-order valence-corrected chi connectivity index (χ0v) is 30.5. The minimum absolute atomic E-state index is 0.154. The zero-order valence-electron chi connectivity index (χ0n) is 25.8. The number of ether oxygens (including phenoxy) is 1. The lowest BCUT2D eigenvalue weighted by atomic mass is 10.3. The Morgan fingerprint density at radius 3 is 1.36 bits per heavy atom. The molecule has 0 fully saturated rings. The van der Waals surface area contributed by atoms with Crippen LogP contribution in [0.1, 0.15) is 0 Å². The largest absolute Gasteiger partial charge is 0.534 e. The molecule has 0 heterocycles. The molecule has 0 unspecified atom stereocenters. The van der Waals surface area contributed by atoms with E-state index in [4.69, 9.17) is 34.8 Å². The lowest BCUT2D eigenvalue weighted by Gasteiger charge is -2.11. The van der Waals surface area contributed by atoms with E-state index in [1.165, 1.54) is 0 Å². The van der Waals surface area contributed by atoms with E-state index in [1.807, 2.05) is 0 Å². The van der Waals surface area contributed by atoms with Crippen molar-refractivity contribution in [1.29, 1.82) is 0 Å². The third kappa shape index (κ3) is 12.9. The second-order valence-electron chi connectivity index (χ2n) is 8.88. The Hall–Kier alpha value is -4.85. The number of nitrogens with zero attached hydrogens (tertiary/aromatic N) is 3. The molecule has 0 saturated carbocycles. The van der Waals surface area contributed by atoms with E-state index in [1.54, 1.807) is 0 Å². The fourth-order valence-corrected chi connectivity index (χ4v) is 4.89. The van der Waals surface area contributed by atoms with Gasteiger partial charge in [-0.2, -0.15) is 64.8 Å². The van der Waals surface area contributed by atoms with Crippen LogP contribution in [0.5, 0.6) is 23.0 Å². The summed E-state index contributed by atoms with van der Waals surface area (Å²) in [6.45, 7) is 0. The van der Waals surface area contributed by atoms with Crippen molar-refractivity contribution in [3.05, 3.63) is 93.9 Å². The maximum atomic E-state index is 12.2. The number of rotatable bonds is 10. The van der Waals surface area contributed by atoms with Gasteiger partial charge >= 0.3 is 63.9 Å². The number of hydrogen-bond acceptors (Lipinski definition) is 16. The van der Waals surface area contributed by atoms with Crippen LogP contribution in [-0.4, -0.2) is 63.7 Å². The predicted molar refractivity (Wildman–Crippen MR) is 168 cm³/mol. The summed E-state index contributed by atoms with van der Waals surface area (Å²) in [5.74, 6) is -3.69. The van der Waals surface area contributed by atoms with Crippen molar-refractivity contribution >= 4 is 82.2 Å². The van der Waals surface area contributed by atoms with Gasteiger partial charge in [0.05, 0.1) is 31.9 Å². The third-order valence-corrected chi connectivity index (χ3v) is 8.85. The molecule has 56 heavy (non-hydrogen) atoms. The van der Waals surface area contributed by atoms with Crippen LogP contribution in [0, 0.1) is 30.3 Å². The molecule has 3 aromatic carbocycles. The normalized spacial score (nSPS) is 12.2. The van der Waals surface area contributed by atoms with Crippen LogP contribution >= 0.6 is 34.8 Å². The van der Waals surface area contributed by atoms with Crippen LogP contribution in [0.15, 0.2) is 48.5 Å². The minimum atomic E-state index is -6.05. The van der Waals surface area contributed by atoms with E-state index in [-0.39, 0.29) is 15.8 Å². The van der Waals surface area contributed by atoms with Gasteiger partial charge in [0.1, 0.15) is 5.75 Å². The molecule has 0 aliphatic carbocycles. The average molecular weight is 947 g/mol. The number of methoxy groups -OCH3 is 1. The van der Waals surface area contributed by atoms with Crippen LogP contribution in [-0.2, 0) is 30.4 Å². The fraction of sp³-hybridized carbons (Fsp3) is 0.182. The van der Waals surface area contributed by atoms with Crippen molar-refractivity contribution in [2.45, 2.75) is 16.5 Å². The summed E-state index contributed by atoms with van der Waals surface area (Å²) in [6.07, 6.45) is 0. The Morgan fingerprint density at radius 1 is 0.536 bits per heavy atom. The first-order chi connectivity index (χ1) is 25.1. The fourth-order valence-electron chi connectivity index (χ4n) is 2.81. The van der Waals surface area contributed by atoms with Gasteiger partial charge in [0, 0.05) is 29.3 Å². The molecule has 0 N–H and O–H groups in total. The van der Waals surface area contributed by atoms with E-state index in [0.717, 1.165) is 31.4 Å². The minimum Gasteiger partial charge on any atom is -0.495 e. The Morgan fingerprint density at radius 2 is 0.946 bits per heavy atom. The molecule has 0 spiro atoms. The third-order valence-electron chi connectivity index (χ3n) is 5.13. The number of nitro benzene ring substituents is 3. The average Bonchev–Trinajstić information content (AvgIpc) is 3.02. The number of para-hydroxylation sites is 1. The van der Waals surface area contributed by atoms with Crippen LogP contribution in [0.2, 0.25) is 15.1 Å². The molecule has 0 atom stereocenters. The highest BCUT2D eigenvalue weighted by Gasteiger charge is 2.51. The summed E-state index contributed by atoms with van der Waals surface area (Å²) >= 11 is 16.3. The number of benzene rings is 3. The summed E-state index contributed by atoms with van der Waals surface area (Å²) < 4.78 is 189. The Balaban J connectivity index is 0.000000421. The van der Waals surface area contributed by atoms with Gasteiger partial charge in [0.25, 0.3) is 0 Å². The molecular formula is C22H11Cl3F9N3O16S3. The summed E-state index contributed by atoms with van der Waals surface area (Å²) in [5.41, 5.74) is -20.1. The van der Waals surface area contributed by atoms with Crippen molar-refractivity contribution < 1.29 is 96.8 Å². The quantitative estimate of drug-likeness (QED) is 0.0628. The number of hydrogen-bond donors (Lipinski definition) is 0. The van der Waals surface area contributed by atoms with Crippen molar-refractivity contribution in [1.82, 2.24) is 0 Å². The van der Waals surface area contributed by atoms with Gasteiger partial charge in [0.15, 0.2) is 0 Å². The van der Waals surface area contributed by atoms with Gasteiger partial charge in [-0.1, -0.05) is 40.9 Å². The first kappa shape index (κ1) is 49.2. The van der Waals surface area contributed by atoms with Gasteiger partial charge in [-0.05, 0) is 18.2 Å². The van der Waals surface area contributed by atoms with Gasteiger partial charge in [-0.25, -0.2) is 0 Å². The smallest absolute Gasteiger partial charge is 0.495 e. The first-order valence-electron chi connectivity index (χ1n) is 12.5. The highest BCUT2D eigenvalue weighted by molar-refractivity contribution is 7.88. The van der Waals surface area contributed by atoms with Crippen molar-refractivity contribution in [2.75, 3.05) is 7.11 Å². The highest BCUT2D eigenvalue weighted by atomic mass is 35.5. The molecule has 3 aromatic rings. The van der Waals surface area contributed by atoms with Crippen LogP contribution in [0.3, 0.4) is 0 Å². The Bertz CT molecular complexity index is 2320. The maximum Gasteiger partial charge on any atom is 0.534 e.